The van der Waals surface area contributed by atoms with E-state index in [0.29, 0.717) is 17.7 Å². The molecule has 0 spiro atoms. The lowest BCUT2D eigenvalue weighted by atomic mass is 10.1. The summed E-state index contributed by atoms with van der Waals surface area (Å²) in [4.78, 5) is 23.3. The fourth-order valence-corrected chi connectivity index (χ4v) is 5.17. The zero-order valence-corrected chi connectivity index (χ0v) is 22.0. The van der Waals surface area contributed by atoms with Gasteiger partial charge in [-0.3, -0.25) is 19.2 Å². The Morgan fingerprint density at radius 2 is 1.76 bits per heavy atom. The standard InChI is InChI=1S/C25H26ClN3O7S/c1-17-4-10-21(15-22(17)29(31)32)37(33,34)28(23-14-19(26)7-11-24(23)36-3)16-25(30)27-13-12-18-5-8-20(35-2)9-6-18/h4-11,14-15H,12-13,16H2,1-3H3,(H,27,30). The number of rotatable bonds is 11. The molecule has 0 aliphatic carbocycles. The largest absolute Gasteiger partial charge is 0.497 e. The van der Waals surface area contributed by atoms with Crippen LogP contribution < -0.4 is 19.1 Å². The highest BCUT2D eigenvalue weighted by atomic mass is 35.5. The van der Waals surface area contributed by atoms with E-state index in [2.05, 4.69) is 5.32 Å². The Balaban J connectivity index is 1.91. The van der Waals surface area contributed by atoms with Gasteiger partial charge in [0.15, 0.2) is 0 Å². The van der Waals surface area contributed by atoms with Crippen molar-refractivity contribution in [3.05, 3.63) is 86.9 Å². The number of nitrogens with zero attached hydrogens (tertiary/aromatic N) is 2. The highest BCUT2D eigenvalue weighted by molar-refractivity contribution is 7.92. The summed E-state index contributed by atoms with van der Waals surface area (Å²) in [5, 5.41) is 14.4. The van der Waals surface area contributed by atoms with E-state index in [9.17, 15) is 23.3 Å². The van der Waals surface area contributed by atoms with Crippen LogP contribution in [0.25, 0.3) is 0 Å². The third-order valence-corrected chi connectivity index (χ3v) is 7.55. The van der Waals surface area contributed by atoms with Gasteiger partial charge < -0.3 is 14.8 Å². The van der Waals surface area contributed by atoms with Crippen molar-refractivity contribution >= 4 is 38.9 Å². The van der Waals surface area contributed by atoms with Gasteiger partial charge in [0, 0.05) is 23.2 Å². The summed E-state index contributed by atoms with van der Waals surface area (Å²) in [5.41, 5.74) is 0.910. The molecule has 3 rings (SSSR count). The smallest absolute Gasteiger partial charge is 0.273 e. The average molecular weight is 548 g/mol. The van der Waals surface area contributed by atoms with Crippen LogP contribution in [-0.2, 0) is 21.2 Å². The fourth-order valence-electron chi connectivity index (χ4n) is 3.56. The van der Waals surface area contributed by atoms with E-state index < -0.39 is 27.4 Å². The molecule has 0 saturated heterocycles. The molecule has 0 bridgehead atoms. The van der Waals surface area contributed by atoms with E-state index in [1.54, 1.807) is 19.2 Å². The minimum atomic E-state index is -4.44. The molecular weight excluding hydrogens is 522 g/mol. The van der Waals surface area contributed by atoms with Crippen LogP contribution in [0.4, 0.5) is 11.4 Å². The number of amides is 1. The highest BCUT2D eigenvalue weighted by Crippen LogP contribution is 2.35. The Morgan fingerprint density at radius 1 is 1.05 bits per heavy atom. The number of carbonyl (C=O) groups excluding carboxylic acids is 1. The Bertz CT molecular complexity index is 1400. The summed E-state index contributed by atoms with van der Waals surface area (Å²) in [6.45, 7) is 1.15. The number of nitro groups is 1. The molecule has 1 amide bonds. The van der Waals surface area contributed by atoms with Crippen molar-refractivity contribution in [1.29, 1.82) is 0 Å². The molecule has 0 aliphatic rings. The van der Waals surface area contributed by atoms with Gasteiger partial charge in [-0.1, -0.05) is 29.8 Å². The lowest BCUT2D eigenvalue weighted by Gasteiger charge is -2.26. The Kier molecular flexibility index (Phi) is 8.95. The third-order valence-electron chi connectivity index (χ3n) is 5.56. The summed E-state index contributed by atoms with van der Waals surface area (Å²) < 4.78 is 38.7. The number of sulfonamides is 1. The molecule has 0 atom stereocenters. The topological polar surface area (TPSA) is 128 Å². The first kappa shape index (κ1) is 27.8. The molecule has 0 saturated carbocycles. The van der Waals surface area contributed by atoms with Gasteiger partial charge in [0.2, 0.25) is 5.91 Å². The number of hydrogen-bond donors (Lipinski definition) is 1. The SMILES string of the molecule is COc1ccc(CCNC(=O)CN(c2cc(Cl)ccc2OC)S(=O)(=O)c2ccc(C)c([N+](=O)[O-])c2)cc1. The van der Waals surface area contributed by atoms with Gasteiger partial charge in [0.25, 0.3) is 15.7 Å². The Hall–Kier alpha value is -3.83. The van der Waals surface area contributed by atoms with Gasteiger partial charge in [0.1, 0.15) is 18.0 Å². The second-order valence-corrected chi connectivity index (χ2v) is 10.3. The van der Waals surface area contributed by atoms with E-state index in [4.69, 9.17) is 21.1 Å². The Labute approximate surface area is 220 Å². The first-order valence-electron chi connectivity index (χ1n) is 11.1. The number of halogens is 1. The van der Waals surface area contributed by atoms with Crippen LogP contribution in [0, 0.1) is 17.0 Å². The second kappa shape index (κ2) is 11.9. The van der Waals surface area contributed by atoms with Crippen LogP contribution in [0.5, 0.6) is 11.5 Å². The van der Waals surface area contributed by atoms with Crippen LogP contribution in [0.15, 0.2) is 65.6 Å². The molecule has 0 radical (unpaired) electrons. The van der Waals surface area contributed by atoms with E-state index >= 15 is 0 Å². The van der Waals surface area contributed by atoms with Crippen LogP contribution in [-0.4, -0.2) is 46.6 Å². The van der Waals surface area contributed by atoms with Gasteiger partial charge >= 0.3 is 0 Å². The van der Waals surface area contributed by atoms with Gasteiger partial charge in [-0.05, 0) is 55.3 Å². The lowest BCUT2D eigenvalue weighted by molar-refractivity contribution is -0.385. The van der Waals surface area contributed by atoms with Crippen molar-refractivity contribution in [3.8, 4) is 11.5 Å². The molecule has 0 aliphatic heterocycles. The number of ether oxygens (including phenoxy) is 2. The maximum absolute atomic E-state index is 13.7. The normalized spacial score (nSPS) is 11.0. The molecule has 0 fully saturated rings. The average Bonchev–Trinajstić information content (AvgIpc) is 2.87. The molecular formula is C25H26ClN3O7S. The van der Waals surface area contributed by atoms with Gasteiger partial charge in [-0.2, -0.15) is 0 Å². The molecule has 0 aromatic heterocycles. The zero-order chi connectivity index (χ0) is 27.2. The predicted molar refractivity (Wildman–Crippen MR) is 140 cm³/mol. The van der Waals surface area contributed by atoms with E-state index in [-0.39, 0.29) is 33.6 Å². The Morgan fingerprint density at radius 3 is 2.38 bits per heavy atom. The number of nitrogens with one attached hydrogen (secondary N) is 1. The molecule has 3 aromatic carbocycles. The van der Waals surface area contributed by atoms with Crippen LogP contribution in [0.1, 0.15) is 11.1 Å². The fraction of sp³-hybridized carbons (Fsp3) is 0.240. The number of hydrogen-bond acceptors (Lipinski definition) is 7. The maximum atomic E-state index is 13.7. The number of benzene rings is 3. The zero-order valence-electron chi connectivity index (χ0n) is 20.4. The first-order valence-corrected chi connectivity index (χ1v) is 12.9. The van der Waals surface area contributed by atoms with Gasteiger partial charge in [0.05, 0.1) is 29.7 Å². The van der Waals surface area contributed by atoms with Crippen molar-refractivity contribution in [3.63, 3.8) is 0 Å². The van der Waals surface area contributed by atoms with Crippen LogP contribution in [0.3, 0.4) is 0 Å². The quantitative estimate of drug-likeness (QED) is 0.282. The predicted octanol–water partition coefficient (Wildman–Crippen LogP) is 4.13. The van der Waals surface area contributed by atoms with Crippen LogP contribution in [0.2, 0.25) is 5.02 Å². The van der Waals surface area contributed by atoms with Crippen molar-refractivity contribution in [2.75, 3.05) is 31.6 Å². The van der Waals surface area contributed by atoms with Crippen molar-refractivity contribution < 1.29 is 27.6 Å². The van der Waals surface area contributed by atoms with Crippen molar-refractivity contribution in [2.24, 2.45) is 0 Å². The molecule has 3 aromatic rings. The molecule has 10 nitrogen and oxygen atoms in total. The summed E-state index contributed by atoms with van der Waals surface area (Å²) >= 11 is 6.14. The third kappa shape index (κ3) is 6.69. The van der Waals surface area contributed by atoms with Crippen molar-refractivity contribution in [1.82, 2.24) is 5.32 Å². The number of nitro benzene ring substituents is 1. The van der Waals surface area contributed by atoms with E-state index in [1.807, 2.05) is 12.1 Å². The summed E-state index contributed by atoms with van der Waals surface area (Å²) in [7, 11) is -1.52. The molecule has 0 heterocycles. The van der Waals surface area contributed by atoms with E-state index in [0.717, 1.165) is 15.9 Å². The second-order valence-electron chi connectivity index (χ2n) is 7.98. The maximum Gasteiger partial charge on any atom is 0.273 e. The van der Waals surface area contributed by atoms with E-state index in [1.165, 1.54) is 44.4 Å². The number of methoxy groups -OCH3 is 2. The molecule has 196 valence electrons. The molecule has 0 unspecified atom stereocenters. The molecule has 1 N–H and O–H groups in total. The van der Waals surface area contributed by atoms with Crippen LogP contribution >= 0.6 is 11.6 Å². The highest BCUT2D eigenvalue weighted by Gasteiger charge is 2.31. The summed E-state index contributed by atoms with van der Waals surface area (Å²) in [6, 6.07) is 15.2. The minimum Gasteiger partial charge on any atom is -0.497 e. The first-order chi connectivity index (χ1) is 17.6. The molecule has 37 heavy (non-hydrogen) atoms. The minimum absolute atomic E-state index is 0.0172. The monoisotopic (exact) mass is 547 g/mol. The summed E-state index contributed by atoms with van der Waals surface area (Å²) in [5.74, 6) is 0.279. The number of carbonyl (C=O) groups is 1. The van der Waals surface area contributed by atoms with Crippen molar-refractivity contribution in [2.45, 2.75) is 18.2 Å². The number of anilines is 1. The number of aryl methyl sites for hydroxylation is 1. The lowest BCUT2D eigenvalue weighted by Crippen LogP contribution is -2.41. The van der Waals surface area contributed by atoms with Gasteiger partial charge in [-0.25, -0.2) is 8.42 Å². The van der Waals surface area contributed by atoms with Gasteiger partial charge in [-0.15, -0.1) is 0 Å². The summed E-state index contributed by atoms with van der Waals surface area (Å²) in [6.07, 6.45) is 0.507. The molecule has 12 heteroatoms.